The molecule has 0 unspecified atom stereocenters. The lowest BCUT2D eigenvalue weighted by atomic mass is 9.97. The fourth-order valence-corrected chi connectivity index (χ4v) is 4.67. The zero-order valence-electron chi connectivity index (χ0n) is 17.5. The Labute approximate surface area is 173 Å². The molecule has 1 aromatic carbocycles. The molecule has 0 aliphatic carbocycles. The fourth-order valence-electron chi connectivity index (χ4n) is 4.67. The standard InChI is InChI=1S/C22H33N5O2/c1-2-25-12-14-26(15-13-25)10-5-9-23-21(28)17-7-8-19-18(16-17)24-22(29)20-6-3-4-11-27(19)20/h7-8,16,20H,2-6,9-15H2,1H3,(H,23,28)(H,24,29)/t20-/m1/s1. The molecule has 3 heterocycles. The maximum Gasteiger partial charge on any atom is 0.251 e. The van der Waals surface area contributed by atoms with E-state index in [-0.39, 0.29) is 17.9 Å². The first-order chi connectivity index (χ1) is 14.2. The zero-order valence-corrected chi connectivity index (χ0v) is 17.5. The largest absolute Gasteiger partial charge is 0.358 e. The first-order valence-corrected chi connectivity index (χ1v) is 11.1. The number of fused-ring (bicyclic) bond motifs is 3. The molecule has 4 rings (SSSR count). The minimum absolute atomic E-state index is 0.0536. The highest BCUT2D eigenvalue weighted by Crippen LogP contribution is 2.36. The molecule has 2 saturated heterocycles. The Kier molecular flexibility index (Phi) is 6.35. The SMILES string of the molecule is CCN1CCN(CCCNC(=O)c2ccc3c(c2)NC(=O)[C@H]2CCCCN32)CC1. The Bertz CT molecular complexity index is 745. The molecule has 0 spiro atoms. The summed E-state index contributed by atoms with van der Waals surface area (Å²) in [6.07, 6.45) is 4.06. The van der Waals surface area contributed by atoms with Gasteiger partial charge in [0.25, 0.3) is 5.91 Å². The molecule has 2 amide bonds. The van der Waals surface area contributed by atoms with Crippen LogP contribution in [0.25, 0.3) is 0 Å². The van der Waals surface area contributed by atoms with E-state index >= 15 is 0 Å². The smallest absolute Gasteiger partial charge is 0.251 e. The summed E-state index contributed by atoms with van der Waals surface area (Å²) in [5.41, 5.74) is 2.41. The molecule has 0 saturated carbocycles. The summed E-state index contributed by atoms with van der Waals surface area (Å²) in [5, 5.41) is 6.03. The number of benzene rings is 1. The number of carbonyl (C=O) groups excluding carboxylic acids is 2. The maximum atomic E-state index is 12.6. The van der Waals surface area contributed by atoms with Gasteiger partial charge < -0.3 is 25.3 Å². The Morgan fingerprint density at radius 2 is 1.93 bits per heavy atom. The van der Waals surface area contributed by atoms with Crippen molar-refractivity contribution in [3.8, 4) is 0 Å². The minimum Gasteiger partial charge on any atom is -0.358 e. The summed E-state index contributed by atoms with van der Waals surface area (Å²) in [5.74, 6) is -0.0171. The lowest BCUT2D eigenvalue weighted by Gasteiger charge is -2.41. The number of nitrogens with one attached hydrogen (secondary N) is 2. The quantitative estimate of drug-likeness (QED) is 0.714. The van der Waals surface area contributed by atoms with E-state index in [9.17, 15) is 9.59 Å². The summed E-state index contributed by atoms with van der Waals surface area (Å²) in [6, 6.07) is 5.61. The van der Waals surface area contributed by atoms with E-state index in [1.54, 1.807) is 0 Å². The molecule has 29 heavy (non-hydrogen) atoms. The van der Waals surface area contributed by atoms with E-state index in [4.69, 9.17) is 0 Å². The molecule has 7 nitrogen and oxygen atoms in total. The van der Waals surface area contributed by atoms with Crippen molar-refractivity contribution in [3.63, 3.8) is 0 Å². The van der Waals surface area contributed by atoms with Crippen molar-refractivity contribution < 1.29 is 9.59 Å². The van der Waals surface area contributed by atoms with Crippen LogP contribution in [-0.4, -0.2) is 80.0 Å². The molecular formula is C22H33N5O2. The summed E-state index contributed by atoms with van der Waals surface area (Å²) < 4.78 is 0. The first kappa shape index (κ1) is 20.2. The molecular weight excluding hydrogens is 366 g/mol. The number of likely N-dealkylation sites (N-methyl/N-ethyl adjacent to an activating group) is 1. The number of rotatable bonds is 6. The number of hydrogen-bond donors (Lipinski definition) is 2. The fraction of sp³-hybridized carbons (Fsp3) is 0.636. The average Bonchev–Trinajstić information content (AvgIpc) is 2.77. The summed E-state index contributed by atoms with van der Waals surface area (Å²) in [6.45, 7) is 10.4. The van der Waals surface area contributed by atoms with Crippen LogP contribution in [0.4, 0.5) is 11.4 Å². The van der Waals surface area contributed by atoms with Crippen molar-refractivity contribution in [3.05, 3.63) is 23.8 Å². The van der Waals surface area contributed by atoms with Gasteiger partial charge in [-0.15, -0.1) is 0 Å². The topological polar surface area (TPSA) is 67.9 Å². The predicted molar refractivity (Wildman–Crippen MR) is 116 cm³/mol. The maximum absolute atomic E-state index is 12.6. The van der Waals surface area contributed by atoms with Crippen molar-refractivity contribution in [2.45, 2.75) is 38.6 Å². The van der Waals surface area contributed by atoms with Crippen molar-refractivity contribution in [2.24, 2.45) is 0 Å². The monoisotopic (exact) mass is 399 g/mol. The van der Waals surface area contributed by atoms with E-state index in [1.165, 1.54) is 0 Å². The average molecular weight is 400 g/mol. The van der Waals surface area contributed by atoms with Gasteiger partial charge in [0.15, 0.2) is 0 Å². The summed E-state index contributed by atoms with van der Waals surface area (Å²) in [7, 11) is 0. The van der Waals surface area contributed by atoms with Crippen LogP contribution >= 0.6 is 0 Å². The number of amides is 2. The molecule has 1 atom stereocenters. The summed E-state index contributed by atoms with van der Waals surface area (Å²) >= 11 is 0. The van der Waals surface area contributed by atoms with Crippen molar-refractivity contribution >= 4 is 23.2 Å². The second kappa shape index (κ2) is 9.13. The number of piperidine rings is 1. The van der Waals surface area contributed by atoms with Gasteiger partial charge in [-0.05, 0) is 57.0 Å². The number of hydrogen-bond acceptors (Lipinski definition) is 5. The third-order valence-electron chi connectivity index (χ3n) is 6.48. The van der Waals surface area contributed by atoms with Gasteiger partial charge in [-0.25, -0.2) is 0 Å². The van der Waals surface area contributed by atoms with Crippen LogP contribution in [0.2, 0.25) is 0 Å². The molecule has 0 radical (unpaired) electrons. The predicted octanol–water partition coefficient (Wildman–Crippen LogP) is 1.75. The van der Waals surface area contributed by atoms with Gasteiger partial charge in [0.05, 0.1) is 11.4 Å². The van der Waals surface area contributed by atoms with E-state index in [1.807, 2.05) is 18.2 Å². The van der Waals surface area contributed by atoms with Crippen molar-refractivity contribution in [1.29, 1.82) is 0 Å². The van der Waals surface area contributed by atoms with Crippen molar-refractivity contribution in [2.75, 3.05) is 62.6 Å². The van der Waals surface area contributed by atoms with E-state index in [2.05, 4.69) is 32.3 Å². The molecule has 0 aromatic heterocycles. The summed E-state index contributed by atoms with van der Waals surface area (Å²) in [4.78, 5) is 32.1. The van der Waals surface area contributed by atoms with Crippen LogP contribution in [0.15, 0.2) is 18.2 Å². The van der Waals surface area contributed by atoms with Gasteiger partial charge in [0.1, 0.15) is 6.04 Å². The number of piperazine rings is 1. The molecule has 1 aromatic rings. The third kappa shape index (κ3) is 4.56. The number of anilines is 2. The minimum atomic E-state index is -0.0707. The van der Waals surface area contributed by atoms with Gasteiger partial charge in [-0.3, -0.25) is 9.59 Å². The van der Waals surface area contributed by atoms with Crippen LogP contribution in [-0.2, 0) is 4.79 Å². The second-order valence-corrected chi connectivity index (χ2v) is 8.31. The van der Waals surface area contributed by atoms with Crippen LogP contribution in [0.5, 0.6) is 0 Å². The van der Waals surface area contributed by atoms with Crippen LogP contribution < -0.4 is 15.5 Å². The molecule has 3 aliphatic heterocycles. The molecule has 7 heteroatoms. The van der Waals surface area contributed by atoms with Gasteiger partial charge in [-0.1, -0.05) is 6.92 Å². The van der Waals surface area contributed by atoms with E-state index < -0.39 is 0 Å². The number of carbonyl (C=O) groups is 2. The zero-order chi connectivity index (χ0) is 20.2. The van der Waals surface area contributed by atoms with Gasteiger partial charge in [-0.2, -0.15) is 0 Å². The Hall–Kier alpha value is -2.12. The normalized spacial score (nSPS) is 22.6. The molecule has 0 bridgehead atoms. The van der Waals surface area contributed by atoms with E-state index in [0.717, 1.165) is 82.9 Å². The molecule has 2 N–H and O–H groups in total. The van der Waals surface area contributed by atoms with Gasteiger partial charge in [0.2, 0.25) is 5.91 Å². The molecule has 2 fully saturated rings. The molecule has 158 valence electrons. The lowest BCUT2D eigenvalue weighted by molar-refractivity contribution is -0.118. The van der Waals surface area contributed by atoms with Crippen LogP contribution in [0.1, 0.15) is 43.0 Å². The third-order valence-corrected chi connectivity index (χ3v) is 6.48. The Balaban J connectivity index is 1.28. The number of nitrogens with zero attached hydrogens (tertiary/aromatic N) is 3. The van der Waals surface area contributed by atoms with Gasteiger partial charge in [0, 0.05) is 44.8 Å². The Morgan fingerprint density at radius 1 is 1.14 bits per heavy atom. The highest BCUT2D eigenvalue weighted by molar-refractivity contribution is 6.05. The van der Waals surface area contributed by atoms with Crippen LogP contribution in [0, 0.1) is 0 Å². The molecule has 3 aliphatic rings. The van der Waals surface area contributed by atoms with Crippen molar-refractivity contribution in [1.82, 2.24) is 15.1 Å². The Morgan fingerprint density at radius 3 is 2.72 bits per heavy atom. The lowest BCUT2D eigenvalue weighted by Crippen LogP contribution is -2.50. The first-order valence-electron chi connectivity index (χ1n) is 11.1. The highest BCUT2D eigenvalue weighted by atomic mass is 16.2. The van der Waals surface area contributed by atoms with Crippen LogP contribution in [0.3, 0.4) is 0 Å². The van der Waals surface area contributed by atoms with Gasteiger partial charge >= 0.3 is 0 Å². The second-order valence-electron chi connectivity index (χ2n) is 8.31. The highest BCUT2D eigenvalue weighted by Gasteiger charge is 2.34. The van der Waals surface area contributed by atoms with E-state index in [0.29, 0.717) is 12.1 Å².